The molecule has 0 spiro atoms. The standard InChI is InChI=1S/C11H22N2O/c1-2-4-11(3-1)14-8-7-13-10-5-6-12-9-10/h10-13H,1-9H2. The van der Waals surface area contributed by atoms with Crippen molar-refractivity contribution in [1.82, 2.24) is 10.6 Å². The smallest absolute Gasteiger partial charge is 0.0594 e. The molecule has 14 heavy (non-hydrogen) atoms. The van der Waals surface area contributed by atoms with Crippen molar-refractivity contribution in [1.29, 1.82) is 0 Å². The lowest BCUT2D eigenvalue weighted by Crippen LogP contribution is -2.34. The van der Waals surface area contributed by atoms with Crippen molar-refractivity contribution in [2.24, 2.45) is 0 Å². The fraction of sp³-hybridized carbons (Fsp3) is 1.00. The Labute approximate surface area is 86.6 Å². The minimum atomic E-state index is 0.568. The van der Waals surface area contributed by atoms with Crippen LogP contribution in [0.5, 0.6) is 0 Å². The average molecular weight is 198 g/mol. The fourth-order valence-electron chi connectivity index (χ4n) is 2.37. The molecular weight excluding hydrogens is 176 g/mol. The first-order chi connectivity index (χ1) is 6.95. The zero-order valence-corrected chi connectivity index (χ0v) is 8.93. The molecule has 2 aliphatic rings. The quantitative estimate of drug-likeness (QED) is 0.644. The summed E-state index contributed by atoms with van der Waals surface area (Å²) in [5.41, 5.74) is 0. The highest BCUT2D eigenvalue weighted by molar-refractivity contribution is 4.77. The van der Waals surface area contributed by atoms with E-state index < -0.39 is 0 Å². The first kappa shape index (κ1) is 10.4. The van der Waals surface area contributed by atoms with Gasteiger partial charge in [0.15, 0.2) is 0 Å². The third kappa shape index (κ3) is 3.23. The van der Waals surface area contributed by atoms with Crippen molar-refractivity contribution in [2.75, 3.05) is 26.2 Å². The van der Waals surface area contributed by atoms with Crippen molar-refractivity contribution in [3.63, 3.8) is 0 Å². The third-order valence-electron chi connectivity index (χ3n) is 3.25. The number of rotatable bonds is 5. The van der Waals surface area contributed by atoms with Gasteiger partial charge in [-0.25, -0.2) is 0 Å². The van der Waals surface area contributed by atoms with Gasteiger partial charge in [0, 0.05) is 19.1 Å². The van der Waals surface area contributed by atoms with E-state index in [-0.39, 0.29) is 0 Å². The van der Waals surface area contributed by atoms with Crippen molar-refractivity contribution >= 4 is 0 Å². The molecule has 0 bridgehead atoms. The van der Waals surface area contributed by atoms with Crippen LogP contribution in [0.1, 0.15) is 32.1 Å². The molecule has 1 aliphatic carbocycles. The maximum atomic E-state index is 5.78. The van der Waals surface area contributed by atoms with Gasteiger partial charge in [-0.05, 0) is 25.8 Å². The van der Waals surface area contributed by atoms with Crippen LogP contribution in [-0.2, 0) is 4.74 Å². The molecule has 0 aromatic rings. The second kappa shape index (κ2) is 5.69. The summed E-state index contributed by atoms with van der Waals surface area (Å²) >= 11 is 0. The first-order valence-electron chi connectivity index (χ1n) is 6.01. The minimum absolute atomic E-state index is 0.568. The Morgan fingerprint density at radius 1 is 1.21 bits per heavy atom. The third-order valence-corrected chi connectivity index (χ3v) is 3.25. The van der Waals surface area contributed by atoms with Crippen LogP contribution in [0, 0.1) is 0 Å². The van der Waals surface area contributed by atoms with E-state index in [1.807, 2.05) is 0 Å². The Morgan fingerprint density at radius 3 is 2.79 bits per heavy atom. The summed E-state index contributed by atoms with van der Waals surface area (Å²) in [6.07, 6.45) is 7.13. The van der Waals surface area contributed by atoms with Gasteiger partial charge in [-0.1, -0.05) is 12.8 Å². The van der Waals surface area contributed by atoms with Crippen molar-refractivity contribution in [3.8, 4) is 0 Å². The summed E-state index contributed by atoms with van der Waals surface area (Å²) in [6, 6.07) is 0.683. The van der Waals surface area contributed by atoms with Gasteiger partial charge in [0.2, 0.25) is 0 Å². The molecule has 0 aromatic heterocycles. The minimum Gasteiger partial charge on any atom is -0.377 e. The van der Waals surface area contributed by atoms with Crippen LogP contribution in [0.4, 0.5) is 0 Å². The van der Waals surface area contributed by atoms with Gasteiger partial charge >= 0.3 is 0 Å². The molecule has 0 amide bonds. The van der Waals surface area contributed by atoms with Crippen molar-refractivity contribution < 1.29 is 4.74 Å². The van der Waals surface area contributed by atoms with Gasteiger partial charge in [-0.2, -0.15) is 0 Å². The van der Waals surface area contributed by atoms with E-state index in [0.717, 1.165) is 19.7 Å². The lowest BCUT2D eigenvalue weighted by Gasteiger charge is -2.14. The summed E-state index contributed by atoms with van der Waals surface area (Å²) in [4.78, 5) is 0. The molecule has 1 unspecified atom stereocenters. The Morgan fingerprint density at radius 2 is 2.07 bits per heavy atom. The van der Waals surface area contributed by atoms with Crippen LogP contribution in [-0.4, -0.2) is 38.4 Å². The zero-order valence-electron chi connectivity index (χ0n) is 8.93. The predicted octanol–water partition coefficient (Wildman–Crippen LogP) is 0.897. The molecule has 82 valence electrons. The van der Waals surface area contributed by atoms with Crippen molar-refractivity contribution in [3.05, 3.63) is 0 Å². The van der Waals surface area contributed by atoms with E-state index in [4.69, 9.17) is 4.74 Å². The van der Waals surface area contributed by atoms with Gasteiger partial charge < -0.3 is 15.4 Å². The summed E-state index contributed by atoms with van der Waals surface area (Å²) in [5, 5.41) is 6.87. The molecule has 2 rings (SSSR count). The van der Waals surface area contributed by atoms with E-state index in [1.165, 1.54) is 38.6 Å². The second-order valence-electron chi connectivity index (χ2n) is 4.42. The largest absolute Gasteiger partial charge is 0.377 e. The molecule has 1 saturated carbocycles. The van der Waals surface area contributed by atoms with Crippen molar-refractivity contribution in [2.45, 2.75) is 44.2 Å². The number of ether oxygens (including phenoxy) is 1. The second-order valence-corrected chi connectivity index (χ2v) is 4.42. The molecule has 1 aliphatic heterocycles. The highest BCUT2D eigenvalue weighted by atomic mass is 16.5. The maximum Gasteiger partial charge on any atom is 0.0594 e. The van der Waals surface area contributed by atoms with Crippen LogP contribution < -0.4 is 10.6 Å². The molecule has 2 fully saturated rings. The Kier molecular flexibility index (Phi) is 4.22. The molecule has 3 heteroatoms. The van der Waals surface area contributed by atoms with Crippen LogP contribution >= 0.6 is 0 Å². The van der Waals surface area contributed by atoms with Crippen LogP contribution in [0.3, 0.4) is 0 Å². The highest BCUT2D eigenvalue weighted by Gasteiger charge is 2.16. The molecule has 1 heterocycles. The fourth-order valence-corrected chi connectivity index (χ4v) is 2.37. The van der Waals surface area contributed by atoms with E-state index in [9.17, 15) is 0 Å². The Bertz CT molecular complexity index is 133. The summed E-state index contributed by atoms with van der Waals surface area (Å²) in [5.74, 6) is 0. The number of hydrogen-bond acceptors (Lipinski definition) is 3. The summed E-state index contributed by atoms with van der Waals surface area (Å²) < 4.78 is 5.78. The van der Waals surface area contributed by atoms with Gasteiger partial charge in [-0.15, -0.1) is 0 Å². The van der Waals surface area contributed by atoms with Crippen LogP contribution in [0.2, 0.25) is 0 Å². The average Bonchev–Trinajstić information content (AvgIpc) is 2.86. The van der Waals surface area contributed by atoms with E-state index in [2.05, 4.69) is 10.6 Å². The highest BCUT2D eigenvalue weighted by Crippen LogP contribution is 2.20. The topological polar surface area (TPSA) is 33.3 Å². The van der Waals surface area contributed by atoms with Gasteiger partial charge in [0.1, 0.15) is 0 Å². The Hall–Kier alpha value is -0.120. The number of hydrogen-bond donors (Lipinski definition) is 2. The van der Waals surface area contributed by atoms with Gasteiger partial charge in [0.05, 0.1) is 12.7 Å². The normalized spacial score (nSPS) is 28.7. The van der Waals surface area contributed by atoms with Gasteiger partial charge in [-0.3, -0.25) is 0 Å². The maximum absolute atomic E-state index is 5.78. The summed E-state index contributed by atoms with van der Waals surface area (Å²) in [6.45, 7) is 4.20. The van der Waals surface area contributed by atoms with E-state index >= 15 is 0 Å². The lowest BCUT2D eigenvalue weighted by molar-refractivity contribution is 0.0594. The van der Waals surface area contributed by atoms with E-state index in [0.29, 0.717) is 12.1 Å². The molecule has 2 N–H and O–H groups in total. The predicted molar refractivity (Wildman–Crippen MR) is 57.5 cm³/mol. The van der Waals surface area contributed by atoms with Crippen LogP contribution in [0.15, 0.2) is 0 Å². The molecule has 0 radical (unpaired) electrons. The molecular formula is C11H22N2O. The van der Waals surface area contributed by atoms with Crippen LogP contribution in [0.25, 0.3) is 0 Å². The number of nitrogens with one attached hydrogen (secondary N) is 2. The Balaban J connectivity index is 1.46. The molecule has 3 nitrogen and oxygen atoms in total. The summed E-state index contributed by atoms with van der Waals surface area (Å²) in [7, 11) is 0. The molecule has 1 atom stereocenters. The van der Waals surface area contributed by atoms with Gasteiger partial charge in [0.25, 0.3) is 0 Å². The molecule has 1 saturated heterocycles. The lowest BCUT2D eigenvalue weighted by atomic mass is 10.2. The van der Waals surface area contributed by atoms with E-state index in [1.54, 1.807) is 0 Å². The first-order valence-corrected chi connectivity index (χ1v) is 6.01. The molecule has 0 aromatic carbocycles. The monoisotopic (exact) mass is 198 g/mol. The SMILES string of the molecule is C1CCC(OCCNC2CCNC2)C1. The zero-order chi connectivity index (χ0) is 9.64.